The summed E-state index contributed by atoms with van der Waals surface area (Å²) in [5.74, 6) is -0.371. The standard InChI is InChI=1S/C21H20ClN5O2S/c1-2-23-19(28)16-7-4-8-27-11-17(26-18(16)27)20(29)24-10-15-12-30-21(25-15)13-5-3-6-14(22)9-13/h3-4,6-9,11-13H,2,5,10H2,1H3,(H,23,28)(H,24,29). The van der Waals surface area contributed by atoms with Crippen molar-refractivity contribution in [2.45, 2.75) is 25.8 Å². The molecule has 2 amide bonds. The van der Waals surface area contributed by atoms with Gasteiger partial charge in [0.15, 0.2) is 5.65 Å². The second-order valence-corrected chi connectivity index (χ2v) is 8.12. The van der Waals surface area contributed by atoms with Crippen molar-refractivity contribution < 1.29 is 9.59 Å². The third kappa shape index (κ3) is 4.29. The van der Waals surface area contributed by atoms with Gasteiger partial charge in [0, 0.05) is 35.3 Å². The van der Waals surface area contributed by atoms with Gasteiger partial charge in [0.1, 0.15) is 10.7 Å². The predicted octanol–water partition coefficient (Wildman–Crippen LogP) is 3.64. The maximum Gasteiger partial charge on any atom is 0.271 e. The zero-order chi connectivity index (χ0) is 21.1. The Bertz CT molecular complexity index is 1160. The van der Waals surface area contributed by atoms with E-state index in [2.05, 4.69) is 20.6 Å². The Morgan fingerprint density at radius 1 is 1.30 bits per heavy atom. The molecule has 154 valence electrons. The maximum absolute atomic E-state index is 12.6. The van der Waals surface area contributed by atoms with Crippen LogP contribution in [0.2, 0.25) is 0 Å². The Kier molecular flexibility index (Phi) is 5.96. The molecular formula is C21H20ClN5O2S. The summed E-state index contributed by atoms with van der Waals surface area (Å²) in [6.07, 6.45) is 10.1. The van der Waals surface area contributed by atoms with Crippen molar-refractivity contribution in [1.82, 2.24) is 25.0 Å². The van der Waals surface area contributed by atoms with Gasteiger partial charge in [0.2, 0.25) is 0 Å². The van der Waals surface area contributed by atoms with E-state index in [0.29, 0.717) is 24.3 Å². The normalized spacial score (nSPS) is 15.8. The number of fused-ring (bicyclic) bond motifs is 1. The summed E-state index contributed by atoms with van der Waals surface area (Å²) in [6.45, 7) is 2.66. The number of hydrogen-bond donors (Lipinski definition) is 2. The van der Waals surface area contributed by atoms with Crippen molar-refractivity contribution >= 4 is 40.4 Å². The van der Waals surface area contributed by atoms with Gasteiger partial charge in [-0.2, -0.15) is 0 Å². The third-order valence-corrected chi connectivity index (χ3v) is 5.92. The van der Waals surface area contributed by atoms with Crippen molar-refractivity contribution in [2.75, 3.05) is 6.54 Å². The number of thiazole rings is 1. The summed E-state index contributed by atoms with van der Waals surface area (Å²) in [5, 5.41) is 9.23. The molecule has 1 aliphatic rings. The van der Waals surface area contributed by atoms with Crippen molar-refractivity contribution in [1.29, 1.82) is 0 Å². The highest BCUT2D eigenvalue weighted by Gasteiger charge is 2.18. The van der Waals surface area contributed by atoms with E-state index in [1.54, 1.807) is 40.3 Å². The Morgan fingerprint density at radius 2 is 2.17 bits per heavy atom. The number of halogens is 1. The van der Waals surface area contributed by atoms with E-state index >= 15 is 0 Å². The van der Waals surface area contributed by atoms with Gasteiger partial charge in [0.25, 0.3) is 11.8 Å². The number of imidazole rings is 1. The van der Waals surface area contributed by atoms with Gasteiger partial charge in [-0.05, 0) is 31.6 Å². The van der Waals surface area contributed by atoms with Gasteiger partial charge in [-0.25, -0.2) is 9.97 Å². The van der Waals surface area contributed by atoms with Crippen LogP contribution < -0.4 is 10.6 Å². The molecule has 30 heavy (non-hydrogen) atoms. The first-order chi connectivity index (χ1) is 14.5. The van der Waals surface area contributed by atoms with Crippen molar-refractivity contribution in [3.8, 4) is 0 Å². The lowest BCUT2D eigenvalue weighted by molar-refractivity contribution is 0.0940. The highest BCUT2D eigenvalue weighted by molar-refractivity contribution is 7.09. The molecule has 0 aliphatic heterocycles. The van der Waals surface area contributed by atoms with Crippen LogP contribution in [0.1, 0.15) is 50.8 Å². The van der Waals surface area contributed by atoms with Crippen LogP contribution in [0, 0.1) is 0 Å². The minimum Gasteiger partial charge on any atom is -0.352 e. The first-order valence-corrected chi connectivity index (χ1v) is 10.8. The quantitative estimate of drug-likeness (QED) is 0.611. The maximum atomic E-state index is 12.6. The lowest BCUT2D eigenvalue weighted by Crippen LogP contribution is -2.24. The molecule has 3 heterocycles. The molecule has 1 unspecified atom stereocenters. The van der Waals surface area contributed by atoms with Crippen LogP contribution in [-0.2, 0) is 6.54 Å². The van der Waals surface area contributed by atoms with E-state index in [1.807, 2.05) is 30.5 Å². The van der Waals surface area contributed by atoms with Crippen LogP contribution in [0.4, 0.5) is 0 Å². The van der Waals surface area contributed by atoms with Crippen LogP contribution in [0.5, 0.6) is 0 Å². The molecule has 9 heteroatoms. The van der Waals surface area contributed by atoms with Crippen LogP contribution >= 0.6 is 22.9 Å². The Balaban J connectivity index is 1.45. The second kappa shape index (κ2) is 8.81. The van der Waals surface area contributed by atoms with E-state index in [0.717, 1.165) is 22.2 Å². The first kappa shape index (κ1) is 20.3. The lowest BCUT2D eigenvalue weighted by atomic mass is 10.0. The average Bonchev–Trinajstić information content (AvgIpc) is 3.39. The molecule has 0 radical (unpaired) electrons. The summed E-state index contributed by atoms with van der Waals surface area (Å²) in [4.78, 5) is 33.8. The molecule has 7 nitrogen and oxygen atoms in total. The molecule has 3 aromatic heterocycles. The number of allylic oxidation sites excluding steroid dienone is 4. The summed E-state index contributed by atoms with van der Waals surface area (Å²) in [7, 11) is 0. The Morgan fingerprint density at radius 3 is 2.97 bits per heavy atom. The number of carbonyl (C=O) groups excluding carboxylic acids is 2. The number of nitrogens with zero attached hydrogens (tertiary/aromatic N) is 3. The number of amides is 2. The monoisotopic (exact) mass is 441 g/mol. The SMILES string of the molecule is CCNC(=O)c1cccn2cc(C(=O)NCc3csc(C4C=C(Cl)C=CC4)n3)nc12. The minimum absolute atomic E-state index is 0.170. The Hall–Kier alpha value is -2.97. The van der Waals surface area contributed by atoms with E-state index in [4.69, 9.17) is 11.6 Å². The third-order valence-electron chi connectivity index (χ3n) is 4.64. The highest BCUT2D eigenvalue weighted by Crippen LogP contribution is 2.30. The molecule has 0 spiro atoms. The smallest absolute Gasteiger partial charge is 0.271 e. The fourth-order valence-electron chi connectivity index (χ4n) is 3.21. The zero-order valence-electron chi connectivity index (χ0n) is 16.3. The molecule has 4 rings (SSSR count). The number of nitrogens with one attached hydrogen (secondary N) is 2. The molecule has 2 N–H and O–H groups in total. The van der Waals surface area contributed by atoms with Crippen molar-refractivity contribution in [2.24, 2.45) is 0 Å². The summed E-state index contributed by atoms with van der Waals surface area (Å²) in [6, 6.07) is 3.44. The number of rotatable bonds is 6. The minimum atomic E-state index is -0.321. The molecule has 0 fully saturated rings. The number of aromatic nitrogens is 3. The molecule has 3 aromatic rings. The first-order valence-electron chi connectivity index (χ1n) is 9.57. The van der Waals surface area contributed by atoms with Gasteiger partial charge < -0.3 is 15.0 Å². The molecule has 1 aliphatic carbocycles. The fraction of sp³-hybridized carbons (Fsp3) is 0.238. The number of pyridine rings is 1. The van der Waals surface area contributed by atoms with Crippen LogP contribution in [0.15, 0.2) is 53.2 Å². The topological polar surface area (TPSA) is 88.4 Å². The lowest BCUT2D eigenvalue weighted by Gasteiger charge is -2.10. The summed E-state index contributed by atoms with van der Waals surface area (Å²) < 4.78 is 1.67. The van der Waals surface area contributed by atoms with Crippen molar-refractivity contribution in [3.63, 3.8) is 0 Å². The van der Waals surface area contributed by atoms with E-state index in [1.165, 1.54) is 0 Å². The Labute approximate surface area is 182 Å². The van der Waals surface area contributed by atoms with Crippen LogP contribution in [-0.4, -0.2) is 32.7 Å². The largest absolute Gasteiger partial charge is 0.352 e. The van der Waals surface area contributed by atoms with E-state index in [9.17, 15) is 9.59 Å². The molecule has 0 aromatic carbocycles. The molecule has 0 bridgehead atoms. The van der Waals surface area contributed by atoms with E-state index < -0.39 is 0 Å². The predicted molar refractivity (Wildman–Crippen MR) is 117 cm³/mol. The summed E-state index contributed by atoms with van der Waals surface area (Å²) in [5.41, 5.74) is 1.90. The van der Waals surface area contributed by atoms with Crippen molar-refractivity contribution in [3.05, 3.63) is 75.1 Å². The average molecular weight is 442 g/mol. The van der Waals surface area contributed by atoms with Gasteiger partial charge in [-0.15, -0.1) is 11.3 Å². The van der Waals surface area contributed by atoms with Crippen LogP contribution in [0.25, 0.3) is 5.65 Å². The number of carbonyl (C=O) groups is 2. The van der Waals surface area contributed by atoms with Gasteiger partial charge in [0.05, 0.1) is 17.8 Å². The molecular weight excluding hydrogens is 422 g/mol. The van der Waals surface area contributed by atoms with E-state index in [-0.39, 0.29) is 23.4 Å². The zero-order valence-corrected chi connectivity index (χ0v) is 17.8. The number of hydrogen-bond acceptors (Lipinski definition) is 5. The summed E-state index contributed by atoms with van der Waals surface area (Å²) >= 11 is 7.64. The van der Waals surface area contributed by atoms with Gasteiger partial charge in [-0.3, -0.25) is 9.59 Å². The highest BCUT2D eigenvalue weighted by atomic mass is 35.5. The van der Waals surface area contributed by atoms with Crippen LogP contribution in [0.3, 0.4) is 0 Å². The van der Waals surface area contributed by atoms with Gasteiger partial charge in [-0.1, -0.05) is 23.8 Å². The molecule has 0 saturated carbocycles. The second-order valence-electron chi connectivity index (χ2n) is 6.79. The van der Waals surface area contributed by atoms with Gasteiger partial charge >= 0.3 is 0 Å². The molecule has 0 saturated heterocycles. The fourth-order valence-corrected chi connectivity index (χ4v) is 4.35. The molecule has 1 atom stereocenters.